The molecule has 0 N–H and O–H groups in total. The van der Waals surface area contributed by atoms with Crippen molar-refractivity contribution in [3.8, 4) is 0 Å². The van der Waals surface area contributed by atoms with E-state index >= 15 is 0 Å². The molecule has 2 aliphatic heterocycles. The zero-order chi connectivity index (χ0) is 22.8. The number of aliphatic imine (C=N–C) groups is 1. The van der Waals surface area contributed by atoms with E-state index in [4.69, 9.17) is 0 Å². The van der Waals surface area contributed by atoms with Crippen molar-refractivity contribution in [1.29, 1.82) is 0 Å². The van der Waals surface area contributed by atoms with Crippen molar-refractivity contribution in [2.24, 2.45) is 4.99 Å². The summed E-state index contributed by atoms with van der Waals surface area (Å²) in [5.74, 6) is -1.52. The minimum absolute atomic E-state index is 0.0988. The van der Waals surface area contributed by atoms with Gasteiger partial charge in [0.05, 0.1) is 11.3 Å². The molecular weight excluding hydrogens is 432 g/mol. The van der Waals surface area contributed by atoms with Crippen molar-refractivity contribution in [3.05, 3.63) is 41.8 Å². The summed E-state index contributed by atoms with van der Waals surface area (Å²) >= 11 is 0. The van der Waals surface area contributed by atoms with E-state index in [9.17, 15) is 35.9 Å². The van der Waals surface area contributed by atoms with Gasteiger partial charge in [-0.15, -0.1) is 0 Å². The molecule has 1 aromatic heterocycles. The van der Waals surface area contributed by atoms with Gasteiger partial charge < -0.3 is 9.80 Å². The van der Waals surface area contributed by atoms with E-state index in [1.165, 1.54) is 4.90 Å². The SMILES string of the molecule is O=C1CN=C(/C=C\C(=O)N2CCN(c3ncc(C(F)(F)F)cn3)CC2)C=C1C(F)(F)F. The summed E-state index contributed by atoms with van der Waals surface area (Å²) in [7, 11) is 0. The van der Waals surface area contributed by atoms with Crippen LogP contribution in [0.25, 0.3) is 0 Å². The van der Waals surface area contributed by atoms with Crippen LogP contribution in [0.5, 0.6) is 0 Å². The summed E-state index contributed by atoms with van der Waals surface area (Å²) in [4.78, 5) is 37.7. The van der Waals surface area contributed by atoms with Crippen LogP contribution in [0.15, 0.2) is 41.2 Å². The molecule has 1 saturated heterocycles. The number of halogens is 6. The second-order valence-electron chi connectivity index (χ2n) is 6.64. The number of anilines is 1. The van der Waals surface area contributed by atoms with Crippen molar-refractivity contribution < 1.29 is 35.9 Å². The van der Waals surface area contributed by atoms with Gasteiger partial charge >= 0.3 is 12.4 Å². The normalized spacial score (nSPS) is 18.3. The third-order valence-corrected chi connectivity index (χ3v) is 4.54. The van der Waals surface area contributed by atoms with Gasteiger partial charge in [-0.25, -0.2) is 9.97 Å². The molecular formula is C18H15F6N5O2. The zero-order valence-electron chi connectivity index (χ0n) is 15.7. The largest absolute Gasteiger partial charge is 0.419 e. The minimum Gasteiger partial charge on any atom is -0.337 e. The molecule has 1 aromatic rings. The summed E-state index contributed by atoms with van der Waals surface area (Å²) in [6.45, 7) is 0.298. The van der Waals surface area contributed by atoms with Crippen LogP contribution in [-0.4, -0.2) is 71.2 Å². The van der Waals surface area contributed by atoms with Gasteiger partial charge in [0.1, 0.15) is 12.1 Å². The maximum absolute atomic E-state index is 12.8. The van der Waals surface area contributed by atoms with Crippen molar-refractivity contribution in [2.75, 3.05) is 37.6 Å². The highest BCUT2D eigenvalue weighted by Crippen LogP contribution is 2.29. The standard InChI is InChI=1S/C18H15F6N5O2/c19-17(20,21)11-8-26-16(27-9-11)29-5-3-28(4-6-29)15(31)2-1-12-7-13(18(22,23)24)14(30)10-25-12/h1-2,7-9H,3-6,10H2/b2-1-. The Bertz CT molecular complexity index is 942. The molecule has 0 atom stereocenters. The molecule has 0 radical (unpaired) electrons. The third-order valence-electron chi connectivity index (χ3n) is 4.54. The Morgan fingerprint density at radius 1 is 0.968 bits per heavy atom. The first-order chi connectivity index (χ1) is 14.4. The number of allylic oxidation sites excluding steroid dienone is 2. The molecule has 166 valence electrons. The van der Waals surface area contributed by atoms with Crippen LogP contribution in [-0.2, 0) is 15.8 Å². The topological polar surface area (TPSA) is 78.8 Å². The molecule has 0 spiro atoms. The highest BCUT2D eigenvalue weighted by atomic mass is 19.4. The fraction of sp³-hybridized carbons (Fsp3) is 0.389. The lowest BCUT2D eigenvalue weighted by Crippen LogP contribution is -2.48. The van der Waals surface area contributed by atoms with Gasteiger partial charge in [0.2, 0.25) is 11.9 Å². The molecule has 13 heteroatoms. The number of piperazine rings is 1. The number of nitrogens with zero attached hydrogens (tertiary/aromatic N) is 5. The quantitative estimate of drug-likeness (QED) is 0.525. The van der Waals surface area contributed by atoms with Crippen LogP contribution in [0.3, 0.4) is 0 Å². The zero-order valence-corrected chi connectivity index (χ0v) is 15.7. The lowest BCUT2D eigenvalue weighted by atomic mass is 10.1. The third kappa shape index (κ3) is 5.47. The lowest BCUT2D eigenvalue weighted by Gasteiger charge is -2.34. The minimum atomic E-state index is -4.80. The molecule has 3 rings (SSSR count). The van der Waals surface area contributed by atoms with Crippen molar-refractivity contribution in [3.63, 3.8) is 0 Å². The summed E-state index contributed by atoms with van der Waals surface area (Å²) < 4.78 is 76.1. The first kappa shape index (κ1) is 22.4. The number of carbonyl (C=O) groups is 2. The highest BCUT2D eigenvalue weighted by molar-refractivity contribution is 6.15. The predicted molar refractivity (Wildman–Crippen MR) is 96.4 cm³/mol. The van der Waals surface area contributed by atoms with E-state index in [-0.39, 0.29) is 37.8 Å². The Hall–Kier alpha value is -3.25. The average Bonchev–Trinajstić information content (AvgIpc) is 2.71. The first-order valence-corrected chi connectivity index (χ1v) is 8.93. The van der Waals surface area contributed by atoms with Crippen molar-refractivity contribution in [2.45, 2.75) is 12.4 Å². The Labute approximate surface area is 171 Å². The second-order valence-corrected chi connectivity index (χ2v) is 6.64. The molecule has 0 saturated carbocycles. The number of aromatic nitrogens is 2. The number of dihydropyridines is 1. The molecule has 0 aromatic carbocycles. The van der Waals surface area contributed by atoms with Crippen LogP contribution in [0.4, 0.5) is 32.3 Å². The number of rotatable bonds is 3. The van der Waals surface area contributed by atoms with E-state index in [0.29, 0.717) is 18.5 Å². The molecule has 2 aliphatic rings. The van der Waals surface area contributed by atoms with E-state index in [0.717, 1.165) is 12.2 Å². The van der Waals surface area contributed by atoms with Gasteiger partial charge in [-0.2, -0.15) is 26.3 Å². The molecule has 0 unspecified atom stereocenters. The van der Waals surface area contributed by atoms with Crippen LogP contribution in [0.1, 0.15) is 5.56 Å². The van der Waals surface area contributed by atoms with E-state index in [1.54, 1.807) is 4.90 Å². The fourth-order valence-electron chi connectivity index (χ4n) is 2.88. The summed E-state index contributed by atoms with van der Waals surface area (Å²) in [6.07, 6.45) is -5.22. The van der Waals surface area contributed by atoms with Crippen LogP contribution >= 0.6 is 0 Å². The highest BCUT2D eigenvalue weighted by Gasteiger charge is 2.39. The number of alkyl halides is 6. The molecule has 7 nitrogen and oxygen atoms in total. The maximum atomic E-state index is 12.8. The Kier molecular flexibility index (Phi) is 6.13. The van der Waals surface area contributed by atoms with Crippen LogP contribution < -0.4 is 4.90 Å². The number of hydrogen-bond acceptors (Lipinski definition) is 6. The van der Waals surface area contributed by atoms with Crippen molar-refractivity contribution in [1.82, 2.24) is 14.9 Å². The fourth-order valence-corrected chi connectivity index (χ4v) is 2.88. The Morgan fingerprint density at radius 2 is 1.58 bits per heavy atom. The smallest absolute Gasteiger partial charge is 0.337 e. The Morgan fingerprint density at radius 3 is 2.13 bits per heavy atom. The number of Topliss-reactive ketones (excluding diaryl/α,β-unsaturated/α-hetero) is 1. The monoisotopic (exact) mass is 447 g/mol. The number of amides is 1. The van der Waals surface area contributed by atoms with Crippen LogP contribution in [0, 0.1) is 0 Å². The van der Waals surface area contributed by atoms with Gasteiger partial charge in [0.15, 0.2) is 5.78 Å². The second kappa shape index (κ2) is 8.47. The number of hydrogen-bond donors (Lipinski definition) is 0. The van der Waals surface area contributed by atoms with Gasteiger partial charge in [-0.05, 0) is 12.2 Å². The average molecular weight is 447 g/mol. The first-order valence-electron chi connectivity index (χ1n) is 8.93. The van der Waals surface area contributed by atoms with E-state index in [2.05, 4.69) is 15.0 Å². The molecule has 0 aliphatic carbocycles. The number of ketones is 1. The molecule has 1 amide bonds. The van der Waals surface area contributed by atoms with Gasteiger partial charge in [0, 0.05) is 44.6 Å². The molecule has 31 heavy (non-hydrogen) atoms. The van der Waals surface area contributed by atoms with E-state index < -0.39 is 41.7 Å². The van der Waals surface area contributed by atoms with Gasteiger partial charge in [-0.1, -0.05) is 0 Å². The summed E-state index contributed by atoms with van der Waals surface area (Å²) in [6, 6.07) is 0. The molecule has 1 fully saturated rings. The number of carbonyl (C=O) groups excluding carboxylic acids is 2. The summed E-state index contributed by atoms with van der Waals surface area (Å²) in [5, 5.41) is 0. The lowest BCUT2D eigenvalue weighted by molar-refractivity contribution is -0.138. The van der Waals surface area contributed by atoms with Gasteiger partial charge in [0.25, 0.3) is 0 Å². The van der Waals surface area contributed by atoms with Gasteiger partial charge in [-0.3, -0.25) is 14.6 Å². The predicted octanol–water partition coefficient (Wildman–Crippen LogP) is 2.21. The molecule has 3 heterocycles. The van der Waals surface area contributed by atoms with E-state index in [1.807, 2.05) is 0 Å². The molecule has 0 bridgehead atoms. The maximum Gasteiger partial charge on any atom is 0.419 e. The Balaban J connectivity index is 1.57. The summed E-state index contributed by atoms with van der Waals surface area (Å²) in [5.41, 5.74) is -2.43. The van der Waals surface area contributed by atoms with Crippen LogP contribution in [0.2, 0.25) is 0 Å². The van der Waals surface area contributed by atoms with Crippen molar-refractivity contribution >= 4 is 23.4 Å².